The van der Waals surface area contributed by atoms with Crippen LogP contribution < -0.4 is 10.0 Å². The zero-order valence-corrected chi connectivity index (χ0v) is 14.1. The van der Waals surface area contributed by atoms with Crippen LogP contribution in [0.1, 0.15) is 45.8 Å². The summed E-state index contributed by atoms with van der Waals surface area (Å²) in [6.45, 7) is 6.92. The van der Waals surface area contributed by atoms with Gasteiger partial charge in [-0.25, -0.2) is 13.1 Å². The highest BCUT2D eigenvalue weighted by atomic mass is 32.2. The molecule has 1 unspecified atom stereocenters. The Kier molecular flexibility index (Phi) is 8.00. The van der Waals surface area contributed by atoms with E-state index in [0.717, 1.165) is 31.6 Å². The Morgan fingerprint density at radius 2 is 2.00 bits per heavy atom. The number of unbranched alkanes of at least 4 members (excludes halogenated alkanes) is 1. The highest BCUT2D eigenvalue weighted by molar-refractivity contribution is 7.89. The molecule has 2 N–H and O–H groups in total. The predicted octanol–water partition coefficient (Wildman–Crippen LogP) is 2.30. The molecule has 0 aromatic carbocycles. The van der Waals surface area contributed by atoms with Crippen LogP contribution in [0, 0.1) is 0 Å². The maximum Gasteiger partial charge on any atom is 0.211 e. The minimum atomic E-state index is -3.18. The molecular formula is C15H28N2O3S. The van der Waals surface area contributed by atoms with Crippen molar-refractivity contribution < 1.29 is 12.8 Å². The molecular weight excluding hydrogens is 288 g/mol. The molecule has 122 valence electrons. The van der Waals surface area contributed by atoms with E-state index in [0.29, 0.717) is 12.5 Å². The third-order valence-corrected chi connectivity index (χ3v) is 4.76. The van der Waals surface area contributed by atoms with Crippen molar-refractivity contribution in [1.29, 1.82) is 0 Å². The van der Waals surface area contributed by atoms with Crippen molar-refractivity contribution in [3.8, 4) is 0 Å². The van der Waals surface area contributed by atoms with Gasteiger partial charge in [-0.15, -0.1) is 0 Å². The molecule has 6 heteroatoms. The van der Waals surface area contributed by atoms with Gasteiger partial charge in [0.1, 0.15) is 5.76 Å². The van der Waals surface area contributed by atoms with Crippen molar-refractivity contribution >= 4 is 10.0 Å². The van der Waals surface area contributed by atoms with Crippen molar-refractivity contribution in [2.45, 2.75) is 58.5 Å². The summed E-state index contributed by atoms with van der Waals surface area (Å²) in [6.07, 6.45) is 4.67. The van der Waals surface area contributed by atoms with Gasteiger partial charge >= 0.3 is 0 Å². The minimum Gasteiger partial charge on any atom is -0.469 e. The first-order valence-electron chi connectivity index (χ1n) is 7.65. The average Bonchev–Trinajstić information content (AvgIpc) is 2.88. The molecule has 0 aliphatic rings. The van der Waals surface area contributed by atoms with Crippen LogP contribution >= 0.6 is 0 Å². The van der Waals surface area contributed by atoms with Gasteiger partial charge in [0.05, 0.1) is 12.0 Å². The summed E-state index contributed by atoms with van der Waals surface area (Å²) in [4.78, 5) is 0. The van der Waals surface area contributed by atoms with E-state index in [1.54, 1.807) is 6.26 Å². The van der Waals surface area contributed by atoms with Crippen LogP contribution in [0.3, 0.4) is 0 Å². The topological polar surface area (TPSA) is 71.3 Å². The molecule has 1 heterocycles. The number of rotatable bonds is 11. The summed E-state index contributed by atoms with van der Waals surface area (Å²) in [5, 5.41) is 3.28. The quantitative estimate of drug-likeness (QED) is 0.615. The first kappa shape index (κ1) is 18.2. The summed E-state index contributed by atoms with van der Waals surface area (Å²) in [5.41, 5.74) is 0. The highest BCUT2D eigenvalue weighted by Crippen LogP contribution is 2.07. The van der Waals surface area contributed by atoms with Gasteiger partial charge in [-0.2, -0.15) is 0 Å². The smallest absolute Gasteiger partial charge is 0.211 e. The molecule has 1 aromatic heterocycles. The first-order valence-corrected chi connectivity index (χ1v) is 9.30. The number of furan rings is 1. The second-order valence-corrected chi connectivity index (χ2v) is 7.65. The van der Waals surface area contributed by atoms with Crippen LogP contribution in [0.4, 0.5) is 0 Å². The lowest BCUT2D eigenvalue weighted by molar-refractivity contribution is 0.479. The van der Waals surface area contributed by atoms with Gasteiger partial charge in [-0.05, 0) is 44.9 Å². The fourth-order valence-corrected chi connectivity index (χ4v) is 3.48. The highest BCUT2D eigenvalue weighted by Gasteiger charge is 2.14. The van der Waals surface area contributed by atoms with E-state index in [9.17, 15) is 8.42 Å². The van der Waals surface area contributed by atoms with Crippen molar-refractivity contribution in [3.63, 3.8) is 0 Å². The van der Waals surface area contributed by atoms with E-state index < -0.39 is 10.0 Å². The summed E-state index contributed by atoms with van der Waals surface area (Å²) in [7, 11) is -3.18. The van der Waals surface area contributed by atoms with Gasteiger partial charge in [0, 0.05) is 18.5 Å². The largest absolute Gasteiger partial charge is 0.469 e. The molecule has 0 aliphatic heterocycles. The van der Waals surface area contributed by atoms with Crippen LogP contribution in [0.2, 0.25) is 0 Å². The minimum absolute atomic E-state index is 0.0751. The molecule has 0 saturated carbocycles. The Morgan fingerprint density at radius 3 is 2.62 bits per heavy atom. The van der Waals surface area contributed by atoms with Gasteiger partial charge in [0.2, 0.25) is 10.0 Å². The van der Waals surface area contributed by atoms with E-state index in [1.165, 1.54) is 0 Å². The van der Waals surface area contributed by atoms with Crippen LogP contribution in [-0.2, 0) is 16.4 Å². The molecule has 1 rings (SSSR count). The molecule has 21 heavy (non-hydrogen) atoms. The van der Waals surface area contributed by atoms with E-state index >= 15 is 0 Å². The van der Waals surface area contributed by atoms with Crippen molar-refractivity contribution in [2.24, 2.45) is 0 Å². The first-order chi connectivity index (χ1) is 9.89. The van der Waals surface area contributed by atoms with Crippen LogP contribution in [0.25, 0.3) is 0 Å². The van der Waals surface area contributed by atoms with Crippen molar-refractivity contribution in [2.75, 3.05) is 12.3 Å². The Bertz CT molecular complexity index is 469. The van der Waals surface area contributed by atoms with Gasteiger partial charge < -0.3 is 9.73 Å². The number of nitrogens with one attached hydrogen (secondary N) is 2. The maximum atomic E-state index is 11.9. The zero-order chi connectivity index (χ0) is 15.7. The summed E-state index contributed by atoms with van der Waals surface area (Å²) in [6, 6.07) is 4.12. The SMILES string of the molecule is CC(C)NCCCCS(=O)(=O)NC(C)CCc1ccco1. The number of hydrogen-bond donors (Lipinski definition) is 2. The van der Waals surface area contributed by atoms with Crippen LogP contribution in [0.5, 0.6) is 0 Å². The number of sulfonamides is 1. The van der Waals surface area contributed by atoms with Gasteiger partial charge in [-0.3, -0.25) is 0 Å². The molecule has 0 saturated heterocycles. The average molecular weight is 316 g/mol. The summed E-state index contributed by atoms with van der Waals surface area (Å²) < 4.78 is 31.9. The Morgan fingerprint density at radius 1 is 1.24 bits per heavy atom. The molecule has 0 fully saturated rings. The Labute approximate surface area is 128 Å². The maximum absolute atomic E-state index is 11.9. The second kappa shape index (κ2) is 9.23. The fourth-order valence-electron chi connectivity index (χ4n) is 2.05. The molecule has 5 nitrogen and oxygen atoms in total. The normalized spacial score (nSPS) is 13.7. The molecule has 0 spiro atoms. The van der Waals surface area contributed by atoms with Crippen LogP contribution in [-0.4, -0.2) is 32.8 Å². The standard InChI is InChI=1S/C15H28N2O3S/c1-13(2)16-10-4-5-12-21(18,19)17-14(3)8-9-15-7-6-11-20-15/h6-7,11,13-14,16-17H,4-5,8-10,12H2,1-3H3. The molecule has 0 radical (unpaired) electrons. The zero-order valence-electron chi connectivity index (χ0n) is 13.3. The molecule has 0 aliphatic carbocycles. The number of hydrogen-bond acceptors (Lipinski definition) is 4. The Hall–Kier alpha value is -0.850. The third-order valence-electron chi connectivity index (χ3n) is 3.18. The molecule has 0 amide bonds. The lowest BCUT2D eigenvalue weighted by Crippen LogP contribution is -2.35. The lowest BCUT2D eigenvalue weighted by Gasteiger charge is -2.14. The predicted molar refractivity (Wildman–Crippen MR) is 85.8 cm³/mol. The van der Waals surface area contributed by atoms with E-state index in [-0.39, 0.29) is 11.8 Å². The van der Waals surface area contributed by atoms with E-state index in [4.69, 9.17) is 4.42 Å². The van der Waals surface area contributed by atoms with Gasteiger partial charge in [0.15, 0.2) is 0 Å². The van der Waals surface area contributed by atoms with E-state index in [2.05, 4.69) is 23.9 Å². The van der Waals surface area contributed by atoms with Crippen molar-refractivity contribution in [1.82, 2.24) is 10.0 Å². The molecule has 0 bridgehead atoms. The summed E-state index contributed by atoms with van der Waals surface area (Å²) >= 11 is 0. The van der Waals surface area contributed by atoms with Gasteiger partial charge in [0.25, 0.3) is 0 Å². The van der Waals surface area contributed by atoms with E-state index in [1.807, 2.05) is 19.1 Å². The van der Waals surface area contributed by atoms with Gasteiger partial charge in [-0.1, -0.05) is 13.8 Å². The summed E-state index contributed by atoms with van der Waals surface area (Å²) in [5.74, 6) is 1.08. The molecule has 1 aromatic rings. The second-order valence-electron chi connectivity index (χ2n) is 5.77. The lowest BCUT2D eigenvalue weighted by atomic mass is 10.2. The Balaban J connectivity index is 2.18. The molecule has 1 atom stereocenters. The monoisotopic (exact) mass is 316 g/mol. The van der Waals surface area contributed by atoms with Crippen molar-refractivity contribution in [3.05, 3.63) is 24.2 Å². The van der Waals surface area contributed by atoms with Crippen LogP contribution in [0.15, 0.2) is 22.8 Å². The number of aryl methyl sites for hydroxylation is 1. The third kappa shape index (κ3) is 8.90. The fraction of sp³-hybridized carbons (Fsp3) is 0.733.